The Morgan fingerprint density at radius 1 is 1.10 bits per heavy atom. The molecule has 0 unspecified atom stereocenters. The SMILES string of the molecule is CN1CCC(CNc2ccc3cc(Br)ccc3c2)CC1. The van der Waals surface area contributed by atoms with Crippen LogP contribution >= 0.6 is 15.9 Å². The van der Waals surface area contributed by atoms with Gasteiger partial charge in [-0.2, -0.15) is 0 Å². The largest absolute Gasteiger partial charge is 0.385 e. The van der Waals surface area contributed by atoms with Crippen LogP contribution in [0.25, 0.3) is 10.8 Å². The highest BCUT2D eigenvalue weighted by atomic mass is 79.9. The lowest BCUT2D eigenvalue weighted by Gasteiger charge is -2.29. The lowest BCUT2D eigenvalue weighted by molar-refractivity contribution is 0.226. The minimum atomic E-state index is 0.812. The van der Waals surface area contributed by atoms with E-state index in [2.05, 4.69) is 69.6 Å². The molecule has 3 heteroatoms. The number of benzene rings is 2. The molecule has 0 aliphatic carbocycles. The molecule has 1 fully saturated rings. The van der Waals surface area contributed by atoms with Gasteiger partial charge >= 0.3 is 0 Å². The van der Waals surface area contributed by atoms with Crippen molar-refractivity contribution in [3.05, 3.63) is 40.9 Å². The molecule has 0 aromatic heterocycles. The standard InChI is InChI=1S/C17H21BrN2/c1-20-8-6-13(7-9-20)12-19-17-5-3-14-10-16(18)4-2-15(14)11-17/h2-5,10-11,13,19H,6-9,12H2,1H3. The third-order valence-corrected chi connectivity index (χ3v) is 4.73. The summed E-state index contributed by atoms with van der Waals surface area (Å²) < 4.78 is 1.14. The van der Waals surface area contributed by atoms with Crippen LogP contribution in [0, 0.1) is 5.92 Å². The van der Waals surface area contributed by atoms with Gasteiger partial charge in [0.1, 0.15) is 0 Å². The number of halogens is 1. The van der Waals surface area contributed by atoms with Crippen molar-refractivity contribution in [2.45, 2.75) is 12.8 Å². The number of rotatable bonds is 3. The molecule has 0 spiro atoms. The smallest absolute Gasteiger partial charge is 0.0346 e. The zero-order valence-electron chi connectivity index (χ0n) is 11.9. The zero-order valence-corrected chi connectivity index (χ0v) is 13.5. The summed E-state index contributed by atoms with van der Waals surface area (Å²) in [5.74, 6) is 0.812. The van der Waals surface area contributed by atoms with E-state index in [4.69, 9.17) is 0 Å². The average Bonchev–Trinajstić information content (AvgIpc) is 2.46. The van der Waals surface area contributed by atoms with Crippen LogP contribution in [0.3, 0.4) is 0 Å². The first-order valence-corrected chi connectivity index (χ1v) is 8.12. The summed E-state index contributed by atoms with van der Waals surface area (Å²) in [6, 6.07) is 13.1. The predicted molar refractivity (Wildman–Crippen MR) is 90.4 cm³/mol. The summed E-state index contributed by atoms with van der Waals surface area (Å²) in [5.41, 5.74) is 1.23. The van der Waals surface area contributed by atoms with E-state index >= 15 is 0 Å². The van der Waals surface area contributed by atoms with E-state index in [1.807, 2.05) is 0 Å². The van der Waals surface area contributed by atoms with Gasteiger partial charge in [-0.25, -0.2) is 0 Å². The normalized spacial score (nSPS) is 17.5. The van der Waals surface area contributed by atoms with Crippen molar-refractivity contribution in [3.63, 3.8) is 0 Å². The second kappa shape index (κ2) is 6.15. The van der Waals surface area contributed by atoms with Crippen molar-refractivity contribution in [3.8, 4) is 0 Å². The van der Waals surface area contributed by atoms with Gasteiger partial charge in [0, 0.05) is 16.7 Å². The van der Waals surface area contributed by atoms with Gasteiger partial charge in [-0.15, -0.1) is 0 Å². The first-order chi connectivity index (χ1) is 9.70. The molecule has 1 heterocycles. The Labute approximate surface area is 129 Å². The Kier molecular flexibility index (Phi) is 4.27. The highest BCUT2D eigenvalue weighted by Crippen LogP contribution is 2.24. The van der Waals surface area contributed by atoms with E-state index in [0.29, 0.717) is 0 Å². The molecule has 0 amide bonds. The predicted octanol–water partition coefficient (Wildman–Crippen LogP) is 4.36. The maximum atomic E-state index is 3.61. The fraction of sp³-hybridized carbons (Fsp3) is 0.412. The summed E-state index contributed by atoms with van der Waals surface area (Å²) >= 11 is 3.52. The van der Waals surface area contributed by atoms with E-state index in [1.54, 1.807) is 0 Å². The Morgan fingerprint density at radius 3 is 2.60 bits per heavy atom. The number of likely N-dealkylation sites (tertiary alicyclic amines) is 1. The summed E-state index contributed by atoms with van der Waals surface area (Å²) in [6.07, 6.45) is 2.62. The number of piperidine rings is 1. The van der Waals surface area contributed by atoms with Crippen LogP contribution in [0.1, 0.15) is 12.8 Å². The van der Waals surface area contributed by atoms with Crippen LogP contribution in [-0.2, 0) is 0 Å². The minimum absolute atomic E-state index is 0.812. The highest BCUT2D eigenvalue weighted by Gasteiger charge is 2.16. The Bertz CT molecular complexity index is 589. The van der Waals surface area contributed by atoms with Crippen LogP contribution in [0.15, 0.2) is 40.9 Å². The number of fused-ring (bicyclic) bond motifs is 1. The molecule has 1 aliphatic heterocycles. The van der Waals surface area contributed by atoms with E-state index < -0.39 is 0 Å². The zero-order chi connectivity index (χ0) is 13.9. The Balaban J connectivity index is 1.64. The summed E-state index contributed by atoms with van der Waals surface area (Å²) in [4.78, 5) is 2.42. The van der Waals surface area contributed by atoms with Gasteiger partial charge in [0.05, 0.1) is 0 Å². The van der Waals surface area contributed by atoms with Gasteiger partial charge < -0.3 is 10.2 Å². The summed E-state index contributed by atoms with van der Waals surface area (Å²) in [6.45, 7) is 3.56. The third-order valence-electron chi connectivity index (χ3n) is 4.24. The van der Waals surface area contributed by atoms with Crippen LogP contribution < -0.4 is 5.32 Å². The number of nitrogens with zero attached hydrogens (tertiary/aromatic N) is 1. The van der Waals surface area contributed by atoms with Crippen molar-refractivity contribution < 1.29 is 0 Å². The van der Waals surface area contributed by atoms with Crippen LogP contribution in [-0.4, -0.2) is 31.6 Å². The molecule has 1 N–H and O–H groups in total. The van der Waals surface area contributed by atoms with Crippen molar-refractivity contribution in [1.29, 1.82) is 0 Å². The van der Waals surface area contributed by atoms with E-state index in [0.717, 1.165) is 16.9 Å². The van der Waals surface area contributed by atoms with Gasteiger partial charge in [0.2, 0.25) is 0 Å². The van der Waals surface area contributed by atoms with Crippen LogP contribution in [0.4, 0.5) is 5.69 Å². The molecule has 2 aromatic rings. The number of anilines is 1. The molecule has 1 aliphatic rings. The van der Waals surface area contributed by atoms with E-state index in [-0.39, 0.29) is 0 Å². The highest BCUT2D eigenvalue weighted by molar-refractivity contribution is 9.10. The van der Waals surface area contributed by atoms with Crippen molar-refractivity contribution in [2.24, 2.45) is 5.92 Å². The number of hydrogen-bond acceptors (Lipinski definition) is 2. The number of hydrogen-bond donors (Lipinski definition) is 1. The lowest BCUT2D eigenvalue weighted by Crippen LogP contribution is -2.32. The molecule has 0 radical (unpaired) electrons. The number of nitrogens with one attached hydrogen (secondary N) is 1. The molecule has 0 saturated carbocycles. The fourth-order valence-corrected chi connectivity index (χ4v) is 3.23. The van der Waals surface area contributed by atoms with Gasteiger partial charge in [-0.1, -0.05) is 28.1 Å². The first kappa shape index (κ1) is 13.9. The van der Waals surface area contributed by atoms with Crippen LogP contribution in [0.2, 0.25) is 0 Å². The van der Waals surface area contributed by atoms with Crippen molar-refractivity contribution in [2.75, 3.05) is 32.0 Å². The minimum Gasteiger partial charge on any atom is -0.385 e. The third kappa shape index (κ3) is 3.33. The topological polar surface area (TPSA) is 15.3 Å². The monoisotopic (exact) mass is 332 g/mol. The average molecular weight is 333 g/mol. The molecule has 0 bridgehead atoms. The van der Waals surface area contributed by atoms with Gasteiger partial charge in [-0.05, 0) is 73.9 Å². The van der Waals surface area contributed by atoms with Gasteiger partial charge in [0.25, 0.3) is 0 Å². The quantitative estimate of drug-likeness (QED) is 0.898. The maximum Gasteiger partial charge on any atom is 0.0346 e. The molecule has 2 nitrogen and oxygen atoms in total. The summed E-state index contributed by atoms with van der Waals surface area (Å²) in [5, 5.41) is 6.18. The fourth-order valence-electron chi connectivity index (χ4n) is 2.85. The van der Waals surface area contributed by atoms with Crippen molar-refractivity contribution >= 4 is 32.4 Å². The molecule has 20 heavy (non-hydrogen) atoms. The molecule has 0 atom stereocenters. The second-order valence-corrected chi connectivity index (χ2v) is 6.75. The lowest BCUT2D eigenvalue weighted by atomic mass is 9.97. The van der Waals surface area contributed by atoms with Crippen molar-refractivity contribution in [1.82, 2.24) is 4.90 Å². The molecular formula is C17H21BrN2. The molecule has 106 valence electrons. The maximum absolute atomic E-state index is 3.61. The molecular weight excluding hydrogens is 312 g/mol. The van der Waals surface area contributed by atoms with Gasteiger partial charge in [-0.3, -0.25) is 0 Å². The van der Waals surface area contributed by atoms with Crippen LogP contribution in [0.5, 0.6) is 0 Å². The van der Waals surface area contributed by atoms with E-state index in [1.165, 1.54) is 42.4 Å². The second-order valence-electron chi connectivity index (χ2n) is 5.83. The Hall–Kier alpha value is -1.06. The molecule has 1 saturated heterocycles. The van der Waals surface area contributed by atoms with Gasteiger partial charge in [0.15, 0.2) is 0 Å². The van der Waals surface area contributed by atoms with E-state index in [9.17, 15) is 0 Å². The first-order valence-electron chi connectivity index (χ1n) is 7.32. The molecule has 3 rings (SSSR count). The summed E-state index contributed by atoms with van der Waals surface area (Å²) in [7, 11) is 2.21. The Morgan fingerprint density at radius 2 is 1.80 bits per heavy atom. The molecule has 2 aromatic carbocycles.